The Morgan fingerprint density at radius 3 is 2.64 bits per heavy atom. The Morgan fingerprint density at radius 2 is 2.14 bits per heavy atom. The van der Waals surface area contributed by atoms with Gasteiger partial charge in [-0.1, -0.05) is 18.9 Å². The summed E-state index contributed by atoms with van der Waals surface area (Å²) in [4.78, 5) is 0. The summed E-state index contributed by atoms with van der Waals surface area (Å²) in [6, 6.07) is 0.587. The zero-order valence-electron chi connectivity index (χ0n) is 9.24. The zero-order chi connectivity index (χ0) is 10.6. The van der Waals surface area contributed by atoms with Crippen LogP contribution in [0.5, 0.6) is 6.01 Å². The van der Waals surface area contributed by atoms with Gasteiger partial charge in [0.1, 0.15) is 5.82 Å². The third-order valence-corrected chi connectivity index (χ3v) is 1.86. The average Bonchev–Trinajstić information content (AvgIpc) is 2.48. The predicted octanol–water partition coefficient (Wildman–Crippen LogP) is 0.662. The molecule has 1 aromatic heterocycles. The maximum atomic E-state index is 5.13. The van der Waals surface area contributed by atoms with Gasteiger partial charge in [0.25, 0.3) is 0 Å². The van der Waals surface area contributed by atoms with E-state index in [0.717, 1.165) is 12.4 Å². The summed E-state index contributed by atoms with van der Waals surface area (Å²) < 4.78 is 7.14. The SMILES string of the molecule is CNCc1nnc(OC)n1CC(C)C. The Kier molecular flexibility index (Phi) is 3.88. The first-order valence-corrected chi connectivity index (χ1v) is 4.79. The van der Waals surface area contributed by atoms with E-state index < -0.39 is 0 Å². The molecule has 0 saturated carbocycles. The third kappa shape index (κ3) is 2.45. The Balaban J connectivity index is 2.87. The van der Waals surface area contributed by atoms with E-state index in [1.807, 2.05) is 11.6 Å². The molecule has 1 N–H and O–H groups in total. The summed E-state index contributed by atoms with van der Waals surface area (Å²) >= 11 is 0. The van der Waals surface area contributed by atoms with Crippen molar-refractivity contribution in [2.75, 3.05) is 14.2 Å². The van der Waals surface area contributed by atoms with Gasteiger partial charge >= 0.3 is 6.01 Å². The van der Waals surface area contributed by atoms with Crippen LogP contribution >= 0.6 is 0 Å². The molecule has 1 aromatic rings. The molecule has 0 saturated heterocycles. The Hall–Kier alpha value is -1.10. The number of hydrogen-bond acceptors (Lipinski definition) is 4. The molecule has 0 unspecified atom stereocenters. The lowest BCUT2D eigenvalue weighted by molar-refractivity contribution is 0.340. The molecule has 0 aliphatic rings. The number of aromatic nitrogens is 3. The van der Waals surface area contributed by atoms with E-state index in [-0.39, 0.29) is 0 Å². The highest BCUT2D eigenvalue weighted by molar-refractivity contribution is 5.00. The van der Waals surface area contributed by atoms with Crippen molar-refractivity contribution in [1.29, 1.82) is 0 Å². The summed E-state index contributed by atoms with van der Waals surface area (Å²) in [5.74, 6) is 1.47. The van der Waals surface area contributed by atoms with Crippen molar-refractivity contribution in [3.8, 4) is 6.01 Å². The molecule has 5 heteroatoms. The van der Waals surface area contributed by atoms with Gasteiger partial charge in [-0.2, -0.15) is 0 Å². The van der Waals surface area contributed by atoms with Gasteiger partial charge in [0.2, 0.25) is 0 Å². The quantitative estimate of drug-likeness (QED) is 0.755. The lowest BCUT2D eigenvalue weighted by Crippen LogP contribution is -2.15. The predicted molar refractivity (Wildman–Crippen MR) is 54.2 cm³/mol. The lowest BCUT2D eigenvalue weighted by Gasteiger charge is -2.10. The second-order valence-corrected chi connectivity index (χ2v) is 3.64. The molecule has 0 fully saturated rings. The molecule has 0 amide bonds. The van der Waals surface area contributed by atoms with Crippen molar-refractivity contribution in [3.05, 3.63) is 5.82 Å². The van der Waals surface area contributed by atoms with Gasteiger partial charge in [-0.15, -0.1) is 5.10 Å². The van der Waals surface area contributed by atoms with E-state index in [1.165, 1.54) is 0 Å². The molecule has 0 radical (unpaired) electrons. The van der Waals surface area contributed by atoms with E-state index in [4.69, 9.17) is 4.74 Å². The summed E-state index contributed by atoms with van der Waals surface area (Å²) in [6.07, 6.45) is 0. The second-order valence-electron chi connectivity index (χ2n) is 3.64. The molecule has 0 bridgehead atoms. The number of ether oxygens (including phenoxy) is 1. The molecule has 0 atom stereocenters. The first-order chi connectivity index (χ1) is 6.69. The minimum absolute atomic E-state index is 0.551. The van der Waals surface area contributed by atoms with Crippen LogP contribution in [0.4, 0.5) is 0 Å². The van der Waals surface area contributed by atoms with Crippen LogP contribution in [-0.2, 0) is 13.1 Å². The van der Waals surface area contributed by atoms with Crippen LogP contribution in [0, 0.1) is 5.92 Å². The van der Waals surface area contributed by atoms with Gasteiger partial charge in [-0.25, -0.2) is 0 Å². The molecule has 0 aliphatic heterocycles. The molecular weight excluding hydrogens is 180 g/mol. The smallest absolute Gasteiger partial charge is 0.316 e. The number of hydrogen-bond donors (Lipinski definition) is 1. The first kappa shape index (κ1) is 11.0. The van der Waals surface area contributed by atoms with Gasteiger partial charge in [-0.05, 0) is 13.0 Å². The molecular formula is C9H18N4O. The fourth-order valence-electron chi connectivity index (χ4n) is 1.31. The summed E-state index contributed by atoms with van der Waals surface area (Å²) in [7, 11) is 3.50. The second kappa shape index (κ2) is 4.95. The molecule has 80 valence electrons. The van der Waals surface area contributed by atoms with E-state index >= 15 is 0 Å². The average molecular weight is 198 g/mol. The Morgan fingerprint density at radius 1 is 1.43 bits per heavy atom. The number of rotatable bonds is 5. The first-order valence-electron chi connectivity index (χ1n) is 4.79. The van der Waals surface area contributed by atoms with Crippen molar-refractivity contribution in [2.24, 2.45) is 5.92 Å². The van der Waals surface area contributed by atoms with Crippen LogP contribution in [0.3, 0.4) is 0 Å². The van der Waals surface area contributed by atoms with E-state index in [2.05, 4.69) is 29.4 Å². The molecule has 0 aromatic carbocycles. The highest BCUT2D eigenvalue weighted by Gasteiger charge is 2.12. The van der Waals surface area contributed by atoms with Crippen LogP contribution < -0.4 is 10.1 Å². The monoisotopic (exact) mass is 198 g/mol. The summed E-state index contributed by atoms with van der Waals surface area (Å²) in [6.45, 7) is 5.90. The van der Waals surface area contributed by atoms with Crippen LogP contribution in [0.1, 0.15) is 19.7 Å². The topological polar surface area (TPSA) is 52.0 Å². The van der Waals surface area contributed by atoms with Crippen molar-refractivity contribution in [1.82, 2.24) is 20.1 Å². The molecule has 5 nitrogen and oxygen atoms in total. The van der Waals surface area contributed by atoms with Crippen LogP contribution in [0.2, 0.25) is 0 Å². The van der Waals surface area contributed by atoms with Crippen LogP contribution in [-0.4, -0.2) is 28.9 Å². The zero-order valence-corrected chi connectivity index (χ0v) is 9.24. The van der Waals surface area contributed by atoms with Crippen molar-refractivity contribution >= 4 is 0 Å². The van der Waals surface area contributed by atoms with Crippen LogP contribution in [0.25, 0.3) is 0 Å². The van der Waals surface area contributed by atoms with Crippen molar-refractivity contribution < 1.29 is 4.74 Å². The van der Waals surface area contributed by atoms with E-state index in [0.29, 0.717) is 18.5 Å². The maximum Gasteiger partial charge on any atom is 0.316 e. The van der Waals surface area contributed by atoms with E-state index in [9.17, 15) is 0 Å². The normalized spacial score (nSPS) is 10.9. The van der Waals surface area contributed by atoms with Gasteiger partial charge in [-0.3, -0.25) is 4.57 Å². The number of nitrogens with one attached hydrogen (secondary N) is 1. The molecule has 0 spiro atoms. The minimum Gasteiger partial charge on any atom is -0.467 e. The minimum atomic E-state index is 0.551. The van der Waals surface area contributed by atoms with Gasteiger partial charge in [0.05, 0.1) is 13.7 Å². The Bertz CT molecular complexity index is 282. The number of methoxy groups -OCH3 is 1. The van der Waals surface area contributed by atoms with E-state index in [1.54, 1.807) is 7.11 Å². The highest BCUT2D eigenvalue weighted by atomic mass is 16.5. The lowest BCUT2D eigenvalue weighted by atomic mass is 10.2. The van der Waals surface area contributed by atoms with Crippen LogP contribution in [0.15, 0.2) is 0 Å². The van der Waals surface area contributed by atoms with Gasteiger partial charge in [0, 0.05) is 6.54 Å². The fraction of sp³-hybridized carbons (Fsp3) is 0.778. The van der Waals surface area contributed by atoms with Gasteiger partial charge < -0.3 is 10.1 Å². The van der Waals surface area contributed by atoms with Crippen molar-refractivity contribution in [2.45, 2.75) is 26.9 Å². The third-order valence-electron chi connectivity index (χ3n) is 1.86. The largest absolute Gasteiger partial charge is 0.467 e. The molecule has 14 heavy (non-hydrogen) atoms. The summed E-state index contributed by atoms with van der Waals surface area (Å²) in [5.41, 5.74) is 0. The Labute approximate surface area is 84.5 Å². The number of nitrogens with zero attached hydrogens (tertiary/aromatic N) is 3. The standard InChI is InChI=1S/C9H18N4O/c1-7(2)6-13-8(5-10-3)11-12-9(13)14-4/h7,10H,5-6H2,1-4H3. The fourth-order valence-corrected chi connectivity index (χ4v) is 1.31. The molecule has 0 aliphatic carbocycles. The summed E-state index contributed by atoms with van der Waals surface area (Å²) in [5, 5.41) is 11.1. The maximum absolute atomic E-state index is 5.13. The molecule has 1 rings (SSSR count). The molecule has 1 heterocycles. The van der Waals surface area contributed by atoms with Crippen molar-refractivity contribution in [3.63, 3.8) is 0 Å². The highest BCUT2D eigenvalue weighted by Crippen LogP contribution is 2.12. The van der Waals surface area contributed by atoms with Gasteiger partial charge in [0.15, 0.2) is 0 Å².